The highest BCUT2D eigenvalue weighted by Crippen LogP contribution is 2.20. The maximum atomic E-state index is 12.2. The van der Waals surface area contributed by atoms with E-state index in [4.69, 9.17) is 16.7 Å². The first-order valence-electron chi connectivity index (χ1n) is 6.04. The zero-order valence-corrected chi connectivity index (χ0v) is 11.1. The third-order valence-electron chi connectivity index (χ3n) is 3.06. The van der Waals surface area contributed by atoms with E-state index in [1.54, 1.807) is 24.3 Å². The molecule has 5 nitrogen and oxygen atoms in total. The second-order valence-corrected chi connectivity index (χ2v) is 5.01. The largest absolute Gasteiger partial charge is 0.480 e. The molecule has 0 aromatic heterocycles. The Morgan fingerprint density at radius 2 is 1.95 bits per heavy atom. The lowest BCUT2D eigenvalue weighted by atomic mass is 9.98. The molecule has 1 aliphatic heterocycles. The van der Waals surface area contributed by atoms with Crippen LogP contribution in [-0.2, 0) is 9.59 Å². The van der Waals surface area contributed by atoms with Crippen LogP contribution in [0.15, 0.2) is 24.3 Å². The summed E-state index contributed by atoms with van der Waals surface area (Å²) in [5.74, 6) is -0.901. The van der Waals surface area contributed by atoms with Gasteiger partial charge in [0.25, 0.3) is 0 Å². The van der Waals surface area contributed by atoms with Crippen LogP contribution in [0, 0.1) is 5.92 Å². The van der Waals surface area contributed by atoms with Crippen LogP contribution in [0.3, 0.4) is 0 Å². The monoisotopic (exact) mass is 282 g/mol. The smallest absolute Gasteiger partial charge is 0.323 e. The van der Waals surface area contributed by atoms with Gasteiger partial charge in [-0.25, -0.2) is 0 Å². The van der Waals surface area contributed by atoms with E-state index in [1.807, 2.05) is 0 Å². The third-order valence-corrected chi connectivity index (χ3v) is 3.31. The lowest BCUT2D eigenvalue weighted by Gasteiger charge is -2.29. The van der Waals surface area contributed by atoms with Crippen molar-refractivity contribution in [1.29, 1.82) is 0 Å². The second kappa shape index (κ2) is 6.04. The van der Waals surface area contributed by atoms with Crippen LogP contribution in [-0.4, -0.2) is 36.6 Å². The van der Waals surface area contributed by atoms with Crippen LogP contribution in [0.5, 0.6) is 0 Å². The lowest BCUT2D eigenvalue weighted by Crippen LogP contribution is -2.46. The van der Waals surface area contributed by atoms with E-state index in [-0.39, 0.29) is 12.5 Å². The minimum atomic E-state index is -1.03. The summed E-state index contributed by atoms with van der Waals surface area (Å²) < 4.78 is 0. The number of nitrogens with one attached hydrogen (secondary N) is 1. The van der Waals surface area contributed by atoms with Crippen LogP contribution >= 0.6 is 11.6 Å². The van der Waals surface area contributed by atoms with Gasteiger partial charge in [-0.05, 0) is 43.3 Å². The number of nitrogens with zero attached hydrogens (tertiary/aromatic N) is 1. The van der Waals surface area contributed by atoms with E-state index in [9.17, 15) is 9.59 Å². The highest BCUT2D eigenvalue weighted by Gasteiger charge is 2.25. The number of carbonyl (C=O) groups is 2. The quantitative estimate of drug-likeness (QED) is 0.856. The number of aliphatic carboxylic acids is 1. The van der Waals surface area contributed by atoms with Crippen LogP contribution in [0.4, 0.5) is 5.69 Å². The zero-order valence-electron chi connectivity index (χ0n) is 10.3. The molecule has 0 saturated carbocycles. The summed E-state index contributed by atoms with van der Waals surface area (Å²) in [6.45, 7) is 1.29. The van der Waals surface area contributed by atoms with Gasteiger partial charge in [0.05, 0.1) is 0 Å². The van der Waals surface area contributed by atoms with Gasteiger partial charge in [-0.1, -0.05) is 11.6 Å². The van der Waals surface area contributed by atoms with Gasteiger partial charge in [0.2, 0.25) is 5.91 Å². The summed E-state index contributed by atoms with van der Waals surface area (Å²) in [6, 6.07) is 6.60. The molecule has 1 fully saturated rings. The molecule has 0 spiro atoms. The average Bonchev–Trinajstić information content (AvgIpc) is 2.31. The molecule has 1 heterocycles. The Morgan fingerprint density at radius 1 is 1.32 bits per heavy atom. The Bertz CT molecular complexity index is 471. The van der Waals surface area contributed by atoms with Crippen molar-refractivity contribution in [2.75, 3.05) is 24.5 Å². The van der Waals surface area contributed by atoms with Crippen LogP contribution in [0.1, 0.15) is 6.42 Å². The Morgan fingerprint density at radius 3 is 2.42 bits per heavy atom. The molecule has 102 valence electrons. The highest BCUT2D eigenvalue weighted by molar-refractivity contribution is 6.30. The third kappa shape index (κ3) is 3.68. The molecule has 0 aliphatic carbocycles. The fraction of sp³-hybridized carbons (Fsp3) is 0.385. The molecule has 1 saturated heterocycles. The number of carbonyl (C=O) groups excluding carboxylic acids is 1. The molecule has 1 amide bonds. The summed E-state index contributed by atoms with van der Waals surface area (Å²) >= 11 is 5.79. The normalized spacial score (nSPS) is 14.8. The second-order valence-electron chi connectivity index (χ2n) is 4.58. The van der Waals surface area contributed by atoms with Gasteiger partial charge < -0.3 is 15.3 Å². The van der Waals surface area contributed by atoms with Gasteiger partial charge >= 0.3 is 5.97 Å². The van der Waals surface area contributed by atoms with Crippen molar-refractivity contribution in [3.8, 4) is 0 Å². The number of amides is 1. The molecule has 2 rings (SSSR count). The predicted molar refractivity (Wildman–Crippen MR) is 72.4 cm³/mol. The molecular weight excluding hydrogens is 268 g/mol. The van der Waals surface area contributed by atoms with E-state index in [2.05, 4.69) is 5.32 Å². The van der Waals surface area contributed by atoms with Crippen molar-refractivity contribution in [3.63, 3.8) is 0 Å². The SMILES string of the molecule is O=C(O)CN(C(=O)CC1CNC1)c1ccc(Cl)cc1. The first kappa shape index (κ1) is 13.8. The van der Waals surface area contributed by atoms with Crippen molar-refractivity contribution >= 4 is 29.2 Å². The number of carboxylic acid groups (broad SMARTS) is 1. The van der Waals surface area contributed by atoms with Crippen molar-refractivity contribution in [3.05, 3.63) is 29.3 Å². The first-order chi connectivity index (χ1) is 9.06. The molecular formula is C13H15ClN2O3. The summed E-state index contributed by atoms with van der Waals surface area (Å²) in [5.41, 5.74) is 0.559. The van der Waals surface area contributed by atoms with Gasteiger partial charge in [0.1, 0.15) is 6.54 Å². The van der Waals surface area contributed by atoms with Crippen LogP contribution in [0.25, 0.3) is 0 Å². The lowest BCUT2D eigenvalue weighted by molar-refractivity contribution is -0.136. The minimum Gasteiger partial charge on any atom is -0.480 e. The van der Waals surface area contributed by atoms with Crippen molar-refractivity contribution in [2.45, 2.75) is 6.42 Å². The molecule has 1 aromatic rings. The number of carboxylic acids is 1. The van der Waals surface area contributed by atoms with Gasteiger partial charge in [-0.15, -0.1) is 0 Å². The van der Waals surface area contributed by atoms with Crippen LogP contribution in [0.2, 0.25) is 5.02 Å². The first-order valence-corrected chi connectivity index (χ1v) is 6.42. The molecule has 1 aliphatic rings. The average molecular weight is 283 g/mol. The standard InChI is InChI=1S/C13H15ClN2O3/c14-10-1-3-11(4-2-10)16(8-13(18)19)12(17)5-9-6-15-7-9/h1-4,9,15H,5-8H2,(H,18,19). The summed E-state index contributed by atoms with van der Waals surface area (Å²) in [5, 5.41) is 12.6. The van der Waals surface area contributed by atoms with E-state index in [1.165, 1.54) is 4.90 Å². The van der Waals surface area contributed by atoms with Crippen molar-refractivity contribution < 1.29 is 14.7 Å². The van der Waals surface area contributed by atoms with E-state index >= 15 is 0 Å². The molecule has 0 atom stereocenters. The number of hydrogen-bond acceptors (Lipinski definition) is 3. The fourth-order valence-electron chi connectivity index (χ4n) is 1.93. The van der Waals surface area contributed by atoms with Crippen molar-refractivity contribution in [1.82, 2.24) is 5.32 Å². The van der Waals surface area contributed by atoms with Crippen molar-refractivity contribution in [2.24, 2.45) is 5.92 Å². The van der Waals surface area contributed by atoms with E-state index in [0.717, 1.165) is 13.1 Å². The summed E-state index contributed by atoms with van der Waals surface area (Å²) in [4.78, 5) is 24.3. The molecule has 0 radical (unpaired) electrons. The summed E-state index contributed by atoms with van der Waals surface area (Å²) in [6.07, 6.45) is 0.364. The van der Waals surface area contributed by atoms with Gasteiger partial charge in [0, 0.05) is 17.1 Å². The fourth-order valence-corrected chi connectivity index (χ4v) is 2.06. The zero-order chi connectivity index (χ0) is 13.8. The minimum absolute atomic E-state index is 0.170. The maximum absolute atomic E-state index is 12.2. The predicted octanol–water partition coefficient (Wildman–Crippen LogP) is 1.37. The molecule has 0 bridgehead atoms. The Labute approximate surface area is 116 Å². The number of anilines is 1. The molecule has 6 heteroatoms. The number of rotatable bonds is 5. The highest BCUT2D eigenvalue weighted by atomic mass is 35.5. The van der Waals surface area contributed by atoms with Crippen LogP contribution < -0.4 is 10.2 Å². The van der Waals surface area contributed by atoms with E-state index < -0.39 is 5.97 Å². The Hall–Kier alpha value is -1.59. The molecule has 0 unspecified atom stereocenters. The maximum Gasteiger partial charge on any atom is 0.323 e. The number of benzene rings is 1. The Kier molecular flexibility index (Phi) is 4.39. The molecule has 19 heavy (non-hydrogen) atoms. The van der Waals surface area contributed by atoms with E-state index in [0.29, 0.717) is 23.0 Å². The molecule has 1 aromatic carbocycles. The van der Waals surface area contributed by atoms with Gasteiger partial charge in [-0.2, -0.15) is 0 Å². The number of halogens is 1. The van der Waals surface area contributed by atoms with Gasteiger partial charge in [0.15, 0.2) is 0 Å². The Balaban J connectivity index is 2.11. The number of hydrogen-bond donors (Lipinski definition) is 2. The molecule has 2 N–H and O–H groups in total. The van der Waals surface area contributed by atoms with Gasteiger partial charge in [-0.3, -0.25) is 9.59 Å². The topological polar surface area (TPSA) is 69.6 Å². The summed E-state index contributed by atoms with van der Waals surface area (Å²) in [7, 11) is 0.